The van der Waals surface area contributed by atoms with Gasteiger partial charge in [0, 0.05) is 26.2 Å². The maximum Gasteiger partial charge on any atom is 0.256 e. The lowest BCUT2D eigenvalue weighted by Crippen LogP contribution is -2.50. The summed E-state index contributed by atoms with van der Waals surface area (Å²) in [7, 11) is 0. The molecule has 148 valence electrons. The van der Waals surface area contributed by atoms with Crippen molar-refractivity contribution in [2.24, 2.45) is 0 Å². The van der Waals surface area contributed by atoms with E-state index in [4.69, 9.17) is 0 Å². The summed E-state index contributed by atoms with van der Waals surface area (Å²) >= 11 is 0. The van der Waals surface area contributed by atoms with E-state index >= 15 is 0 Å². The highest BCUT2D eigenvalue weighted by molar-refractivity contribution is 5.94. The van der Waals surface area contributed by atoms with Gasteiger partial charge in [0.2, 0.25) is 5.91 Å². The number of piperazine rings is 1. The Hall–Kier alpha value is -2.94. The average molecular weight is 395 g/mol. The molecule has 1 heterocycles. The van der Waals surface area contributed by atoms with E-state index in [1.54, 1.807) is 11.0 Å². The van der Waals surface area contributed by atoms with E-state index in [2.05, 4.69) is 5.32 Å². The molecule has 3 rings (SSSR count). The second-order valence-electron chi connectivity index (χ2n) is 6.32. The lowest BCUT2D eigenvalue weighted by Gasteiger charge is -2.34. The molecule has 1 saturated heterocycles. The topological polar surface area (TPSA) is 52.7 Å². The zero-order chi connectivity index (χ0) is 20.3. The standard InChI is InChI=1S/C19H17F4N3O2/c20-13-4-2-1-3-12(13)19(28)26-9-7-25(8-10-26)11-16(27)24-15-6-5-14(21)17(22)18(15)23/h1-6H,7-11H2,(H,24,27). The molecule has 2 amide bonds. The fourth-order valence-corrected chi connectivity index (χ4v) is 2.93. The second-order valence-corrected chi connectivity index (χ2v) is 6.32. The van der Waals surface area contributed by atoms with Crippen LogP contribution in [0.2, 0.25) is 0 Å². The second kappa shape index (κ2) is 8.39. The molecule has 0 spiro atoms. The molecular weight excluding hydrogens is 378 g/mol. The number of benzene rings is 2. The molecular formula is C19H17F4N3O2. The molecule has 0 unspecified atom stereocenters. The molecule has 0 bridgehead atoms. The smallest absolute Gasteiger partial charge is 0.256 e. The zero-order valence-electron chi connectivity index (χ0n) is 14.7. The number of hydrogen-bond donors (Lipinski definition) is 1. The van der Waals surface area contributed by atoms with Crippen LogP contribution in [-0.4, -0.2) is 54.3 Å². The minimum atomic E-state index is -1.65. The quantitative estimate of drug-likeness (QED) is 0.640. The number of nitrogens with zero attached hydrogens (tertiary/aromatic N) is 2. The van der Waals surface area contributed by atoms with E-state index in [-0.39, 0.29) is 12.1 Å². The van der Waals surface area contributed by atoms with Gasteiger partial charge >= 0.3 is 0 Å². The number of amides is 2. The van der Waals surface area contributed by atoms with Crippen LogP contribution in [-0.2, 0) is 4.79 Å². The van der Waals surface area contributed by atoms with Crippen molar-refractivity contribution in [3.63, 3.8) is 0 Å². The molecule has 1 aliphatic heterocycles. The van der Waals surface area contributed by atoms with Gasteiger partial charge in [0.05, 0.1) is 17.8 Å². The third-order valence-corrected chi connectivity index (χ3v) is 4.44. The number of hydrogen-bond acceptors (Lipinski definition) is 3. The first kappa shape index (κ1) is 19.8. The molecule has 1 N–H and O–H groups in total. The summed E-state index contributed by atoms with van der Waals surface area (Å²) in [6, 6.07) is 7.36. The fourth-order valence-electron chi connectivity index (χ4n) is 2.93. The summed E-state index contributed by atoms with van der Waals surface area (Å²) in [5, 5.41) is 2.20. The van der Waals surface area contributed by atoms with E-state index in [1.165, 1.54) is 23.1 Å². The Bertz CT molecular complexity index is 899. The summed E-state index contributed by atoms with van der Waals surface area (Å²) in [5.41, 5.74) is -0.459. The van der Waals surface area contributed by atoms with Gasteiger partial charge in [0.25, 0.3) is 5.91 Å². The molecule has 0 saturated carbocycles. The highest BCUT2D eigenvalue weighted by Crippen LogP contribution is 2.19. The Morgan fingerprint density at radius 1 is 0.857 bits per heavy atom. The summed E-state index contributed by atoms with van der Waals surface area (Å²) in [4.78, 5) is 27.6. The highest BCUT2D eigenvalue weighted by Gasteiger charge is 2.25. The van der Waals surface area contributed by atoms with Crippen molar-refractivity contribution in [2.75, 3.05) is 38.0 Å². The van der Waals surface area contributed by atoms with Crippen LogP contribution in [0.15, 0.2) is 36.4 Å². The Labute approximate surface area is 158 Å². The molecule has 0 aliphatic carbocycles. The third-order valence-electron chi connectivity index (χ3n) is 4.44. The lowest BCUT2D eigenvalue weighted by molar-refractivity contribution is -0.117. The van der Waals surface area contributed by atoms with Gasteiger partial charge < -0.3 is 10.2 Å². The van der Waals surface area contributed by atoms with Crippen LogP contribution in [0.5, 0.6) is 0 Å². The molecule has 1 fully saturated rings. The number of nitrogens with one attached hydrogen (secondary N) is 1. The molecule has 5 nitrogen and oxygen atoms in total. The van der Waals surface area contributed by atoms with Crippen LogP contribution in [0, 0.1) is 23.3 Å². The summed E-state index contributed by atoms with van der Waals surface area (Å²) in [6.45, 7) is 1.18. The van der Waals surface area contributed by atoms with Gasteiger partial charge in [0.1, 0.15) is 5.82 Å². The molecule has 0 atom stereocenters. The van der Waals surface area contributed by atoms with Gasteiger partial charge in [-0.1, -0.05) is 12.1 Å². The molecule has 0 radical (unpaired) electrons. The van der Waals surface area contributed by atoms with Crippen LogP contribution < -0.4 is 5.32 Å². The summed E-state index contributed by atoms with van der Waals surface area (Å²) in [6.07, 6.45) is 0. The largest absolute Gasteiger partial charge is 0.336 e. The van der Waals surface area contributed by atoms with Gasteiger partial charge in [-0.15, -0.1) is 0 Å². The van der Waals surface area contributed by atoms with E-state index in [0.717, 1.165) is 12.1 Å². The number of halogens is 4. The number of rotatable bonds is 4. The first-order chi connectivity index (χ1) is 13.4. The van der Waals surface area contributed by atoms with Crippen LogP contribution in [0.3, 0.4) is 0 Å². The summed E-state index contributed by atoms with van der Waals surface area (Å²) in [5.74, 6) is -6.08. The maximum absolute atomic E-state index is 13.7. The van der Waals surface area contributed by atoms with Crippen LogP contribution in [0.25, 0.3) is 0 Å². The van der Waals surface area contributed by atoms with Crippen LogP contribution in [0.1, 0.15) is 10.4 Å². The van der Waals surface area contributed by atoms with Gasteiger partial charge in [-0.3, -0.25) is 14.5 Å². The Morgan fingerprint density at radius 3 is 2.21 bits per heavy atom. The Kier molecular flexibility index (Phi) is 5.93. The molecule has 9 heteroatoms. The van der Waals surface area contributed by atoms with Crippen LogP contribution in [0.4, 0.5) is 23.2 Å². The SMILES string of the molecule is O=C(CN1CCN(C(=O)c2ccccc2F)CC1)Nc1ccc(F)c(F)c1F. The minimum absolute atomic E-state index is 0.0116. The van der Waals surface area contributed by atoms with Crippen molar-refractivity contribution in [2.45, 2.75) is 0 Å². The Morgan fingerprint density at radius 2 is 1.54 bits per heavy atom. The summed E-state index contributed by atoms with van der Waals surface area (Å²) < 4.78 is 53.5. The number of carbonyl (C=O) groups is 2. The van der Waals surface area contributed by atoms with Gasteiger partial charge in [0.15, 0.2) is 17.5 Å². The van der Waals surface area contributed by atoms with Gasteiger partial charge in [-0.05, 0) is 24.3 Å². The molecule has 2 aromatic rings. The van der Waals surface area contributed by atoms with Crippen molar-refractivity contribution in [3.8, 4) is 0 Å². The molecule has 28 heavy (non-hydrogen) atoms. The predicted octanol–water partition coefficient (Wildman–Crippen LogP) is 2.64. The maximum atomic E-state index is 13.7. The first-order valence-electron chi connectivity index (χ1n) is 8.56. The van der Waals surface area contributed by atoms with E-state index < -0.39 is 40.8 Å². The predicted molar refractivity (Wildman–Crippen MR) is 93.7 cm³/mol. The third kappa shape index (κ3) is 4.30. The van der Waals surface area contributed by atoms with Crippen molar-refractivity contribution in [3.05, 3.63) is 65.2 Å². The molecule has 1 aliphatic rings. The van der Waals surface area contributed by atoms with Gasteiger partial charge in [-0.25, -0.2) is 17.6 Å². The van der Waals surface area contributed by atoms with Crippen molar-refractivity contribution in [1.29, 1.82) is 0 Å². The van der Waals surface area contributed by atoms with Crippen molar-refractivity contribution >= 4 is 17.5 Å². The van der Waals surface area contributed by atoms with E-state index in [1.807, 2.05) is 0 Å². The number of carbonyl (C=O) groups excluding carboxylic acids is 2. The van der Waals surface area contributed by atoms with E-state index in [0.29, 0.717) is 26.2 Å². The monoisotopic (exact) mass is 395 g/mol. The first-order valence-corrected chi connectivity index (χ1v) is 8.56. The Balaban J connectivity index is 1.53. The van der Waals surface area contributed by atoms with Crippen LogP contribution >= 0.6 is 0 Å². The fraction of sp³-hybridized carbons (Fsp3) is 0.263. The molecule has 0 aromatic heterocycles. The van der Waals surface area contributed by atoms with Crippen molar-refractivity contribution in [1.82, 2.24) is 9.80 Å². The number of anilines is 1. The lowest BCUT2D eigenvalue weighted by atomic mass is 10.1. The van der Waals surface area contributed by atoms with Crippen molar-refractivity contribution < 1.29 is 27.2 Å². The normalized spacial score (nSPS) is 14.8. The highest BCUT2D eigenvalue weighted by atomic mass is 19.2. The van der Waals surface area contributed by atoms with E-state index in [9.17, 15) is 27.2 Å². The molecule has 2 aromatic carbocycles. The average Bonchev–Trinajstić information content (AvgIpc) is 2.69. The zero-order valence-corrected chi connectivity index (χ0v) is 14.7. The minimum Gasteiger partial charge on any atom is -0.336 e. The van der Waals surface area contributed by atoms with Gasteiger partial charge in [-0.2, -0.15) is 0 Å².